The summed E-state index contributed by atoms with van der Waals surface area (Å²) in [5.41, 5.74) is 5.70. The first-order chi connectivity index (χ1) is 6.66. The van der Waals surface area contributed by atoms with E-state index in [1.54, 1.807) is 12.1 Å². The summed E-state index contributed by atoms with van der Waals surface area (Å²) in [4.78, 5) is 10.7. The van der Waals surface area contributed by atoms with Crippen LogP contribution in [-0.2, 0) is 4.74 Å². The molecule has 0 radical (unpaired) electrons. The molecule has 76 valence electrons. The molecule has 0 unspecified atom stereocenters. The Balaban J connectivity index is 2.95. The van der Waals surface area contributed by atoms with Crippen molar-refractivity contribution in [3.63, 3.8) is 0 Å². The minimum absolute atomic E-state index is 0.0265. The number of anilines is 1. The Labute approximate surface area is 81.0 Å². The van der Waals surface area contributed by atoms with Crippen molar-refractivity contribution >= 4 is 11.7 Å². The first-order valence-electron chi connectivity index (χ1n) is 3.90. The normalized spacial score (nSPS) is 9.79. The van der Waals surface area contributed by atoms with E-state index in [9.17, 15) is 4.79 Å². The van der Waals surface area contributed by atoms with Crippen molar-refractivity contribution in [2.24, 2.45) is 0 Å². The second-order valence-corrected chi connectivity index (χ2v) is 2.57. The number of rotatable bonds is 4. The molecule has 0 saturated heterocycles. The van der Waals surface area contributed by atoms with Crippen LogP contribution in [0.5, 0.6) is 5.75 Å². The van der Waals surface area contributed by atoms with Crippen molar-refractivity contribution in [1.82, 2.24) is 0 Å². The van der Waals surface area contributed by atoms with Gasteiger partial charge in [-0.05, 0) is 12.1 Å². The zero-order valence-corrected chi connectivity index (χ0v) is 7.69. The number of aromatic carboxylic acids is 1. The molecular formula is C9H11NO4. The Bertz CT molecular complexity index is 338. The number of para-hydroxylation sites is 1. The third-order valence-electron chi connectivity index (χ3n) is 1.63. The molecule has 5 nitrogen and oxygen atoms in total. The van der Waals surface area contributed by atoms with Gasteiger partial charge >= 0.3 is 5.97 Å². The number of hydrogen-bond acceptors (Lipinski definition) is 4. The van der Waals surface area contributed by atoms with Crippen LogP contribution in [0, 0.1) is 0 Å². The second kappa shape index (κ2) is 4.48. The van der Waals surface area contributed by atoms with Gasteiger partial charge in [-0.1, -0.05) is 6.07 Å². The SMILES string of the molecule is COCOc1cccc(C(=O)O)c1N. The average molecular weight is 197 g/mol. The first-order valence-corrected chi connectivity index (χ1v) is 3.90. The number of benzene rings is 1. The molecule has 1 aromatic rings. The van der Waals surface area contributed by atoms with Crippen LogP contribution in [-0.4, -0.2) is 25.0 Å². The number of methoxy groups -OCH3 is 1. The molecule has 0 heterocycles. The summed E-state index contributed by atoms with van der Waals surface area (Å²) in [6, 6.07) is 4.56. The van der Waals surface area contributed by atoms with Gasteiger partial charge in [-0.15, -0.1) is 0 Å². The minimum Gasteiger partial charge on any atom is -0.478 e. The van der Waals surface area contributed by atoms with Gasteiger partial charge in [0.15, 0.2) is 6.79 Å². The van der Waals surface area contributed by atoms with Crippen LogP contribution >= 0.6 is 0 Å². The summed E-state index contributed by atoms with van der Waals surface area (Å²) in [5.74, 6) is -0.767. The molecule has 3 N–H and O–H groups in total. The summed E-state index contributed by atoms with van der Waals surface area (Å²) >= 11 is 0. The maximum Gasteiger partial charge on any atom is 0.337 e. The standard InChI is InChI=1S/C9H11NO4/c1-13-5-14-7-4-2-3-6(8(7)10)9(11)12/h2-4H,5,10H2,1H3,(H,11,12). The van der Waals surface area contributed by atoms with E-state index in [2.05, 4.69) is 4.74 Å². The highest BCUT2D eigenvalue weighted by Gasteiger charge is 2.11. The number of hydrogen-bond donors (Lipinski definition) is 2. The van der Waals surface area contributed by atoms with E-state index in [1.165, 1.54) is 13.2 Å². The average Bonchev–Trinajstić information content (AvgIpc) is 2.16. The molecule has 0 atom stereocenters. The summed E-state index contributed by atoms with van der Waals surface area (Å²) in [6.07, 6.45) is 0. The topological polar surface area (TPSA) is 81.8 Å². The van der Waals surface area contributed by atoms with Gasteiger partial charge in [0.1, 0.15) is 5.75 Å². The second-order valence-electron chi connectivity index (χ2n) is 2.57. The van der Waals surface area contributed by atoms with Crippen LogP contribution in [0.2, 0.25) is 0 Å². The Kier molecular flexibility index (Phi) is 3.30. The van der Waals surface area contributed by atoms with E-state index in [0.29, 0.717) is 5.75 Å². The molecule has 5 heteroatoms. The molecule has 0 aliphatic heterocycles. The number of nitrogen functional groups attached to an aromatic ring is 1. The molecule has 0 saturated carbocycles. The van der Waals surface area contributed by atoms with Gasteiger partial charge < -0.3 is 20.3 Å². The van der Waals surface area contributed by atoms with Gasteiger partial charge in [-0.2, -0.15) is 0 Å². The Morgan fingerprint density at radius 3 is 2.86 bits per heavy atom. The third-order valence-corrected chi connectivity index (χ3v) is 1.63. The number of ether oxygens (including phenoxy) is 2. The largest absolute Gasteiger partial charge is 0.478 e. The molecule has 0 amide bonds. The van der Waals surface area contributed by atoms with E-state index in [1.807, 2.05) is 0 Å². The predicted octanol–water partition coefficient (Wildman–Crippen LogP) is 0.950. The summed E-state index contributed by atoms with van der Waals surface area (Å²) < 4.78 is 9.74. The van der Waals surface area contributed by atoms with Gasteiger partial charge in [0.2, 0.25) is 0 Å². The number of carboxylic acids is 1. The molecule has 1 rings (SSSR count). The van der Waals surface area contributed by atoms with Crippen molar-refractivity contribution in [1.29, 1.82) is 0 Å². The lowest BCUT2D eigenvalue weighted by molar-refractivity contribution is 0.0513. The highest BCUT2D eigenvalue weighted by molar-refractivity contribution is 5.95. The highest BCUT2D eigenvalue weighted by Crippen LogP contribution is 2.24. The molecule has 0 aliphatic carbocycles. The molecular weight excluding hydrogens is 186 g/mol. The van der Waals surface area contributed by atoms with E-state index in [0.717, 1.165) is 0 Å². The highest BCUT2D eigenvalue weighted by atomic mass is 16.7. The van der Waals surface area contributed by atoms with Crippen molar-refractivity contribution in [2.45, 2.75) is 0 Å². The van der Waals surface area contributed by atoms with Crippen molar-refractivity contribution < 1.29 is 19.4 Å². The van der Waals surface area contributed by atoms with Gasteiger partial charge in [-0.3, -0.25) is 0 Å². The molecule has 0 aliphatic rings. The lowest BCUT2D eigenvalue weighted by Gasteiger charge is -2.08. The lowest BCUT2D eigenvalue weighted by Crippen LogP contribution is -2.06. The summed E-state index contributed by atoms with van der Waals surface area (Å²) in [6.45, 7) is 0.0350. The first kappa shape index (κ1) is 10.3. The fraction of sp³-hybridized carbons (Fsp3) is 0.222. The number of carboxylic acid groups (broad SMARTS) is 1. The number of carbonyl (C=O) groups is 1. The zero-order chi connectivity index (χ0) is 10.6. The molecule has 0 fully saturated rings. The quantitative estimate of drug-likeness (QED) is 0.554. The fourth-order valence-corrected chi connectivity index (χ4v) is 0.979. The van der Waals surface area contributed by atoms with Crippen LogP contribution in [0.15, 0.2) is 18.2 Å². The lowest BCUT2D eigenvalue weighted by atomic mass is 10.1. The van der Waals surface area contributed by atoms with Crippen molar-refractivity contribution in [3.05, 3.63) is 23.8 Å². The van der Waals surface area contributed by atoms with Crippen molar-refractivity contribution in [3.8, 4) is 5.75 Å². The fourth-order valence-electron chi connectivity index (χ4n) is 0.979. The third kappa shape index (κ3) is 2.14. The van der Waals surface area contributed by atoms with Crippen LogP contribution in [0.3, 0.4) is 0 Å². The molecule has 0 aromatic heterocycles. The Morgan fingerprint density at radius 1 is 1.57 bits per heavy atom. The Hall–Kier alpha value is -1.75. The van der Waals surface area contributed by atoms with Crippen LogP contribution in [0.1, 0.15) is 10.4 Å². The van der Waals surface area contributed by atoms with Gasteiger partial charge in [0, 0.05) is 7.11 Å². The number of nitrogens with two attached hydrogens (primary N) is 1. The van der Waals surface area contributed by atoms with Gasteiger partial charge in [-0.25, -0.2) is 4.79 Å². The van der Waals surface area contributed by atoms with Crippen molar-refractivity contribution in [2.75, 3.05) is 19.6 Å². The maximum atomic E-state index is 10.7. The summed E-state index contributed by atoms with van der Waals surface area (Å²) in [7, 11) is 1.47. The van der Waals surface area contributed by atoms with Crippen LogP contribution in [0.4, 0.5) is 5.69 Å². The monoisotopic (exact) mass is 197 g/mol. The van der Waals surface area contributed by atoms with E-state index < -0.39 is 5.97 Å². The van der Waals surface area contributed by atoms with Gasteiger partial charge in [0.05, 0.1) is 11.3 Å². The summed E-state index contributed by atoms with van der Waals surface area (Å²) in [5, 5.41) is 8.75. The van der Waals surface area contributed by atoms with E-state index in [-0.39, 0.29) is 18.0 Å². The smallest absolute Gasteiger partial charge is 0.337 e. The van der Waals surface area contributed by atoms with E-state index in [4.69, 9.17) is 15.6 Å². The molecule has 1 aromatic carbocycles. The Morgan fingerprint density at radius 2 is 2.29 bits per heavy atom. The molecule has 14 heavy (non-hydrogen) atoms. The predicted molar refractivity (Wildman–Crippen MR) is 50.3 cm³/mol. The van der Waals surface area contributed by atoms with Gasteiger partial charge in [0.25, 0.3) is 0 Å². The van der Waals surface area contributed by atoms with Crippen LogP contribution < -0.4 is 10.5 Å². The maximum absolute atomic E-state index is 10.7. The zero-order valence-electron chi connectivity index (χ0n) is 7.69. The van der Waals surface area contributed by atoms with E-state index >= 15 is 0 Å². The van der Waals surface area contributed by atoms with Crippen LogP contribution in [0.25, 0.3) is 0 Å². The molecule has 0 spiro atoms. The molecule has 0 bridgehead atoms. The minimum atomic E-state index is -1.08.